The van der Waals surface area contributed by atoms with Crippen LogP contribution in [0.15, 0.2) is 83.8 Å². The maximum Gasteiger partial charge on any atom is 0.238 e. The summed E-state index contributed by atoms with van der Waals surface area (Å²) in [7, 11) is -2.15. The Bertz CT molecular complexity index is 1060. The molecule has 0 aromatic heterocycles. The third-order valence-corrected chi connectivity index (χ3v) is 5.43. The Kier molecular flexibility index (Phi) is 6.31. The molecule has 0 fully saturated rings. The number of methoxy groups -OCH3 is 1. The summed E-state index contributed by atoms with van der Waals surface area (Å²) in [6.07, 6.45) is 0.115. The van der Waals surface area contributed by atoms with E-state index in [4.69, 9.17) is 9.88 Å². The van der Waals surface area contributed by atoms with Crippen molar-refractivity contribution in [3.05, 3.63) is 95.6 Å². The number of rotatable bonds is 7. The van der Waals surface area contributed by atoms with Crippen LogP contribution in [0, 0.1) is 0 Å². The van der Waals surface area contributed by atoms with Crippen molar-refractivity contribution in [3.63, 3.8) is 0 Å². The Labute approximate surface area is 170 Å². The van der Waals surface area contributed by atoms with E-state index in [1.165, 1.54) is 12.1 Å². The van der Waals surface area contributed by atoms with Gasteiger partial charge in [0, 0.05) is 0 Å². The van der Waals surface area contributed by atoms with Gasteiger partial charge in [0.05, 0.1) is 24.5 Å². The highest BCUT2D eigenvalue weighted by atomic mass is 32.2. The Morgan fingerprint density at radius 2 is 1.52 bits per heavy atom. The van der Waals surface area contributed by atoms with E-state index in [0.717, 1.165) is 16.9 Å². The molecule has 0 bridgehead atoms. The van der Waals surface area contributed by atoms with E-state index in [9.17, 15) is 13.2 Å². The fourth-order valence-corrected chi connectivity index (χ4v) is 3.51. The van der Waals surface area contributed by atoms with Gasteiger partial charge in [-0.25, -0.2) is 13.6 Å². The minimum absolute atomic E-state index is 0.0158. The summed E-state index contributed by atoms with van der Waals surface area (Å²) in [5, 5.41) is 8.17. The lowest BCUT2D eigenvalue weighted by Crippen LogP contribution is -2.30. The van der Waals surface area contributed by atoms with Crippen LogP contribution < -0.4 is 15.2 Å². The predicted octanol–water partition coefficient (Wildman–Crippen LogP) is 2.79. The average molecular weight is 410 g/mol. The van der Waals surface area contributed by atoms with Gasteiger partial charge in [-0.05, 0) is 41.0 Å². The second kappa shape index (κ2) is 8.89. The van der Waals surface area contributed by atoms with Gasteiger partial charge in [-0.1, -0.05) is 54.6 Å². The first-order valence-corrected chi connectivity index (χ1v) is 10.5. The third kappa shape index (κ3) is 5.43. The molecule has 1 atom stereocenters. The minimum Gasteiger partial charge on any atom is -0.497 e. The van der Waals surface area contributed by atoms with Crippen molar-refractivity contribution in [1.82, 2.24) is 5.32 Å². The molecule has 0 spiro atoms. The maximum absolute atomic E-state index is 12.7. The second-order valence-electron chi connectivity index (χ2n) is 6.55. The van der Waals surface area contributed by atoms with Crippen LogP contribution in [0.3, 0.4) is 0 Å². The molecule has 1 unspecified atom stereocenters. The summed E-state index contributed by atoms with van der Waals surface area (Å²) in [5.74, 6) is 0.555. The van der Waals surface area contributed by atoms with Gasteiger partial charge in [0.25, 0.3) is 0 Å². The number of nitrogens with one attached hydrogen (secondary N) is 1. The molecule has 7 heteroatoms. The topological polar surface area (TPSA) is 98.5 Å². The summed E-state index contributed by atoms with van der Waals surface area (Å²) in [6, 6.07) is 22.9. The zero-order valence-corrected chi connectivity index (χ0v) is 16.7. The summed E-state index contributed by atoms with van der Waals surface area (Å²) in [5.41, 5.74) is 2.57. The molecule has 150 valence electrons. The van der Waals surface area contributed by atoms with Crippen molar-refractivity contribution in [1.29, 1.82) is 0 Å². The maximum atomic E-state index is 12.7. The molecule has 1 amide bonds. The van der Waals surface area contributed by atoms with Crippen molar-refractivity contribution < 1.29 is 17.9 Å². The SMILES string of the molecule is COc1ccc(C(NC(=O)Cc2ccc(S(N)(=O)=O)cc2)c2ccccc2)cc1. The minimum atomic E-state index is -3.76. The highest BCUT2D eigenvalue weighted by Crippen LogP contribution is 2.24. The number of amides is 1. The second-order valence-corrected chi connectivity index (χ2v) is 8.11. The van der Waals surface area contributed by atoms with Gasteiger partial charge in [0.15, 0.2) is 0 Å². The molecule has 0 saturated heterocycles. The van der Waals surface area contributed by atoms with Crippen molar-refractivity contribution in [2.75, 3.05) is 7.11 Å². The normalized spacial score (nSPS) is 12.2. The number of carbonyl (C=O) groups is 1. The summed E-state index contributed by atoms with van der Waals surface area (Å²) < 4.78 is 27.9. The van der Waals surface area contributed by atoms with Crippen LogP contribution in [-0.4, -0.2) is 21.4 Å². The molecule has 0 aliphatic rings. The number of hydrogen-bond acceptors (Lipinski definition) is 4. The number of ether oxygens (including phenoxy) is 1. The molecule has 29 heavy (non-hydrogen) atoms. The van der Waals surface area contributed by atoms with Crippen LogP contribution >= 0.6 is 0 Å². The molecule has 0 radical (unpaired) electrons. The first-order chi connectivity index (χ1) is 13.9. The van der Waals surface area contributed by atoms with Crippen LogP contribution in [0.5, 0.6) is 5.75 Å². The van der Waals surface area contributed by atoms with E-state index in [0.29, 0.717) is 5.56 Å². The van der Waals surface area contributed by atoms with Gasteiger partial charge in [0.1, 0.15) is 5.75 Å². The monoisotopic (exact) mass is 410 g/mol. The van der Waals surface area contributed by atoms with Crippen molar-refractivity contribution in [2.24, 2.45) is 5.14 Å². The van der Waals surface area contributed by atoms with Crippen molar-refractivity contribution >= 4 is 15.9 Å². The molecule has 0 aliphatic heterocycles. The highest BCUT2D eigenvalue weighted by molar-refractivity contribution is 7.89. The zero-order chi connectivity index (χ0) is 20.9. The van der Waals surface area contributed by atoms with Gasteiger partial charge in [0.2, 0.25) is 15.9 Å². The fourth-order valence-electron chi connectivity index (χ4n) is 3.00. The van der Waals surface area contributed by atoms with Gasteiger partial charge < -0.3 is 10.1 Å². The lowest BCUT2D eigenvalue weighted by atomic mass is 9.98. The molecule has 3 rings (SSSR count). The number of nitrogens with two attached hydrogens (primary N) is 1. The number of carbonyl (C=O) groups excluding carboxylic acids is 1. The van der Waals surface area contributed by atoms with E-state index in [2.05, 4.69) is 5.32 Å². The third-order valence-electron chi connectivity index (χ3n) is 4.50. The largest absolute Gasteiger partial charge is 0.497 e. The first kappa shape index (κ1) is 20.6. The van der Waals surface area contributed by atoms with Gasteiger partial charge >= 0.3 is 0 Å². The Balaban J connectivity index is 1.79. The molecule has 3 aromatic carbocycles. The molecule has 0 aliphatic carbocycles. The molecule has 0 heterocycles. The zero-order valence-electron chi connectivity index (χ0n) is 15.9. The smallest absolute Gasteiger partial charge is 0.238 e. The van der Waals surface area contributed by atoms with E-state index in [1.807, 2.05) is 54.6 Å². The van der Waals surface area contributed by atoms with Gasteiger partial charge in [-0.3, -0.25) is 4.79 Å². The summed E-state index contributed by atoms with van der Waals surface area (Å²) in [4.78, 5) is 12.7. The van der Waals surface area contributed by atoms with Crippen molar-refractivity contribution in [3.8, 4) is 5.75 Å². The number of primary sulfonamides is 1. The Morgan fingerprint density at radius 1 is 0.931 bits per heavy atom. The molecular formula is C22H22N2O4S. The first-order valence-electron chi connectivity index (χ1n) is 8.97. The molecule has 3 N–H and O–H groups in total. The van der Waals surface area contributed by atoms with Crippen LogP contribution in [0.25, 0.3) is 0 Å². The summed E-state index contributed by atoms with van der Waals surface area (Å²) >= 11 is 0. The van der Waals surface area contributed by atoms with Gasteiger partial charge in [-0.15, -0.1) is 0 Å². The van der Waals surface area contributed by atoms with E-state index < -0.39 is 10.0 Å². The fraction of sp³-hybridized carbons (Fsp3) is 0.136. The average Bonchev–Trinajstić information content (AvgIpc) is 2.72. The van der Waals surface area contributed by atoms with Gasteiger partial charge in [-0.2, -0.15) is 0 Å². The predicted molar refractivity (Wildman–Crippen MR) is 111 cm³/mol. The van der Waals surface area contributed by atoms with Crippen molar-refractivity contribution in [2.45, 2.75) is 17.4 Å². The summed E-state index contributed by atoms with van der Waals surface area (Å²) in [6.45, 7) is 0. The quantitative estimate of drug-likeness (QED) is 0.626. The van der Waals surface area contributed by atoms with Crippen LogP contribution in [-0.2, 0) is 21.2 Å². The lowest BCUT2D eigenvalue weighted by Gasteiger charge is -2.20. The van der Waals surface area contributed by atoms with Crippen LogP contribution in [0.4, 0.5) is 0 Å². The molecule has 3 aromatic rings. The number of benzene rings is 3. The Hall–Kier alpha value is -3.16. The molecule has 0 saturated carbocycles. The number of hydrogen-bond donors (Lipinski definition) is 2. The standard InChI is InChI=1S/C22H22N2O4S/c1-28-19-11-9-18(10-12-19)22(17-5-3-2-4-6-17)24-21(25)15-16-7-13-20(14-8-16)29(23,26)27/h2-14,22H,15H2,1H3,(H,24,25)(H2,23,26,27). The van der Waals surface area contributed by atoms with E-state index >= 15 is 0 Å². The van der Waals surface area contributed by atoms with E-state index in [-0.39, 0.29) is 23.3 Å². The molecule has 6 nitrogen and oxygen atoms in total. The highest BCUT2D eigenvalue weighted by Gasteiger charge is 2.17. The van der Waals surface area contributed by atoms with E-state index in [1.54, 1.807) is 19.2 Å². The number of sulfonamides is 1. The van der Waals surface area contributed by atoms with Crippen LogP contribution in [0.1, 0.15) is 22.7 Å². The van der Waals surface area contributed by atoms with Crippen LogP contribution in [0.2, 0.25) is 0 Å². The molecular weight excluding hydrogens is 388 g/mol. The Morgan fingerprint density at radius 3 is 2.07 bits per heavy atom. The lowest BCUT2D eigenvalue weighted by molar-refractivity contribution is -0.120.